The Morgan fingerprint density at radius 2 is 2.11 bits per heavy atom. The van der Waals surface area contributed by atoms with E-state index in [1.54, 1.807) is 11.8 Å². The number of nitrogens with zero attached hydrogens (tertiary/aromatic N) is 3. The van der Waals surface area contributed by atoms with E-state index in [0.717, 1.165) is 53.6 Å². The third-order valence-corrected chi connectivity index (χ3v) is 6.31. The average molecular weight is 395 g/mol. The fourth-order valence-corrected chi connectivity index (χ4v) is 4.78. The molecule has 0 radical (unpaired) electrons. The van der Waals surface area contributed by atoms with Crippen molar-refractivity contribution in [2.45, 2.75) is 23.5 Å². The Hall–Kier alpha value is -2.31. The van der Waals surface area contributed by atoms with Gasteiger partial charge < -0.3 is 14.6 Å². The van der Waals surface area contributed by atoms with Gasteiger partial charge >= 0.3 is 0 Å². The highest BCUT2D eigenvalue weighted by Crippen LogP contribution is 2.28. The molecule has 1 saturated heterocycles. The zero-order chi connectivity index (χ0) is 19.3. The molecule has 0 saturated carbocycles. The first-order chi connectivity index (χ1) is 13.7. The van der Waals surface area contributed by atoms with Gasteiger partial charge in [0.2, 0.25) is 0 Å². The van der Waals surface area contributed by atoms with E-state index in [0.29, 0.717) is 5.92 Å². The number of benzene rings is 1. The number of hydrogen-bond acceptors (Lipinski definition) is 4. The van der Waals surface area contributed by atoms with Crippen LogP contribution in [0.2, 0.25) is 0 Å². The molecule has 3 aromatic rings. The van der Waals surface area contributed by atoms with Crippen LogP contribution in [0.1, 0.15) is 28.9 Å². The summed E-state index contributed by atoms with van der Waals surface area (Å²) in [7, 11) is 1.98. The van der Waals surface area contributed by atoms with Crippen LogP contribution in [0.15, 0.2) is 59.8 Å². The number of imidazole rings is 1. The molecule has 2 aromatic heterocycles. The summed E-state index contributed by atoms with van der Waals surface area (Å²) in [5, 5.41) is 3.25. The molecule has 4 rings (SSSR count). The molecule has 1 aliphatic rings. The van der Waals surface area contributed by atoms with Crippen LogP contribution < -0.4 is 5.32 Å². The van der Waals surface area contributed by atoms with Crippen molar-refractivity contribution in [3.05, 3.63) is 66.1 Å². The summed E-state index contributed by atoms with van der Waals surface area (Å²) in [5.41, 5.74) is 2.78. The van der Waals surface area contributed by atoms with Gasteiger partial charge in [-0.15, -0.1) is 11.8 Å². The number of nitrogens with one attached hydrogen (secondary N) is 1. The Morgan fingerprint density at radius 1 is 1.25 bits per heavy atom. The van der Waals surface area contributed by atoms with Gasteiger partial charge in [-0.3, -0.25) is 4.79 Å². The number of piperidine rings is 1. The molecule has 0 spiro atoms. The SMILES string of the molecule is CNCC1CCCN(C(=O)c2ccccc2SCc2cn3ccccc3n2)C1. The summed E-state index contributed by atoms with van der Waals surface area (Å²) < 4.78 is 2.03. The predicted octanol–water partition coefficient (Wildman–Crippen LogP) is 3.70. The third-order valence-electron chi connectivity index (χ3n) is 5.21. The van der Waals surface area contributed by atoms with Crippen LogP contribution in [0.25, 0.3) is 5.65 Å². The molecule has 0 bridgehead atoms. The lowest BCUT2D eigenvalue weighted by Gasteiger charge is -2.33. The van der Waals surface area contributed by atoms with Gasteiger partial charge in [0.25, 0.3) is 5.91 Å². The number of fused-ring (bicyclic) bond motifs is 1. The highest BCUT2D eigenvalue weighted by Gasteiger charge is 2.25. The third kappa shape index (κ3) is 4.23. The van der Waals surface area contributed by atoms with E-state index in [4.69, 9.17) is 0 Å². The molecule has 146 valence electrons. The summed E-state index contributed by atoms with van der Waals surface area (Å²) in [6.45, 7) is 2.66. The molecule has 5 nitrogen and oxygen atoms in total. The van der Waals surface area contributed by atoms with Crippen LogP contribution >= 0.6 is 11.8 Å². The number of amides is 1. The number of carbonyl (C=O) groups excluding carboxylic acids is 1. The van der Waals surface area contributed by atoms with E-state index in [-0.39, 0.29) is 5.91 Å². The van der Waals surface area contributed by atoms with Gasteiger partial charge in [0, 0.05) is 36.1 Å². The van der Waals surface area contributed by atoms with Crippen molar-refractivity contribution >= 4 is 23.3 Å². The average Bonchev–Trinajstić information content (AvgIpc) is 3.15. The molecular formula is C22H26N4OS. The maximum Gasteiger partial charge on any atom is 0.254 e. The molecule has 0 aliphatic carbocycles. The van der Waals surface area contributed by atoms with Crippen molar-refractivity contribution in [2.24, 2.45) is 5.92 Å². The molecule has 1 aromatic carbocycles. The molecular weight excluding hydrogens is 368 g/mol. The van der Waals surface area contributed by atoms with Gasteiger partial charge in [0.05, 0.1) is 11.3 Å². The van der Waals surface area contributed by atoms with Crippen molar-refractivity contribution in [1.82, 2.24) is 19.6 Å². The number of likely N-dealkylation sites (tertiary alicyclic amines) is 1. The fourth-order valence-electron chi connectivity index (χ4n) is 3.85. The zero-order valence-corrected chi connectivity index (χ0v) is 17.0. The maximum atomic E-state index is 13.2. The summed E-state index contributed by atoms with van der Waals surface area (Å²) in [6.07, 6.45) is 6.33. The van der Waals surface area contributed by atoms with Gasteiger partial charge in [-0.2, -0.15) is 0 Å². The second kappa shape index (κ2) is 8.80. The Bertz CT molecular complexity index is 919. The second-order valence-electron chi connectivity index (χ2n) is 7.30. The normalized spacial score (nSPS) is 17.2. The summed E-state index contributed by atoms with van der Waals surface area (Å²) in [6, 6.07) is 14.0. The first-order valence-corrected chi connectivity index (χ1v) is 10.8. The first kappa shape index (κ1) is 19.0. The van der Waals surface area contributed by atoms with E-state index in [9.17, 15) is 4.79 Å². The van der Waals surface area contributed by atoms with E-state index < -0.39 is 0 Å². The standard InChI is InChI=1S/C22H26N4OS/c1-23-13-17-7-6-12-26(14-17)22(27)19-8-2-3-9-20(19)28-16-18-15-25-11-5-4-10-21(25)24-18/h2-5,8-11,15,17,23H,6-7,12-14,16H2,1H3. The predicted molar refractivity (Wildman–Crippen MR) is 114 cm³/mol. The molecule has 1 N–H and O–H groups in total. The Morgan fingerprint density at radius 3 is 2.96 bits per heavy atom. The molecule has 6 heteroatoms. The first-order valence-electron chi connectivity index (χ1n) is 9.83. The quantitative estimate of drug-likeness (QED) is 0.648. The lowest BCUT2D eigenvalue weighted by atomic mass is 9.97. The molecule has 1 unspecified atom stereocenters. The smallest absolute Gasteiger partial charge is 0.254 e. The van der Waals surface area contributed by atoms with Gasteiger partial charge in [-0.25, -0.2) is 4.98 Å². The van der Waals surface area contributed by atoms with Crippen LogP contribution in [0.3, 0.4) is 0 Å². The Labute approximate surface area is 170 Å². The highest BCUT2D eigenvalue weighted by atomic mass is 32.2. The minimum absolute atomic E-state index is 0.152. The lowest BCUT2D eigenvalue weighted by molar-refractivity contribution is 0.0670. The molecule has 1 aliphatic heterocycles. The van der Waals surface area contributed by atoms with Crippen LogP contribution in [0, 0.1) is 5.92 Å². The molecule has 1 amide bonds. The van der Waals surface area contributed by atoms with Crippen LogP contribution in [-0.2, 0) is 5.75 Å². The van der Waals surface area contributed by atoms with Crippen LogP contribution in [-0.4, -0.2) is 46.9 Å². The highest BCUT2D eigenvalue weighted by molar-refractivity contribution is 7.98. The lowest BCUT2D eigenvalue weighted by Crippen LogP contribution is -2.42. The van der Waals surface area contributed by atoms with Gasteiger partial charge in [0.15, 0.2) is 0 Å². The Balaban J connectivity index is 1.47. The summed E-state index contributed by atoms with van der Waals surface area (Å²) >= 11 is 1.68. The van der Waals surface area contributed by atoms with Gasteiger partial charge in [-0.1, -0.05) is 18.2 Å². The van der Waals surface area contributed by atoms with Gasteiger partial charge in [0.1, 0.15) is 5.65 Å². The number of aromatic nitrogens is 2. The van der Waals surface area contributed by atoms with Crippen LogP contribution in [0.4, 0.5) is 0 Å². The molecule has 1 fully saturated rings. The number of hydrogen-bond donors (Lipinski definition) is 1. The summed E-state index contributed by atoms with van der Waals surface area (Å²) in [5.74, 6) is 1.44. The van der Waals surface area contributed by atoms with Crippen molar-refractivity contribution < 1.29 is 4.79 Å². The van der Waals surface area contributed by atoms with E-state index in [1.165, 1.54) is 6.42 Å². The number of carbonyl (C=O) groups is 1. The number of thioether (sulfide) groups is 1. The Kier molecular flexibility index (Phi) is 5.98. The van der Waals surface area contributed by atoms with Crippen molar-refractivity contribution in [1.29, 1.82) is 0 Å². The molecule has 28 heavy (non-hydrogen) atoms. The minimum Gasteiger partial charge on any atom is -0.338 e. The van der Waals surface area contributed by atoms with Gasteiger partial charge in [-0.05, 0) is 56.6 Å². The fraction of sp³-hybridized carbons (Fsp3) is 0.364. The number of pyridine rings is 1. The van der Waals surface area contributed by atoms with Crippen molar-refractivity contribution in [3.63, 3.8) is 0 Å². The topological polar surface area (TPSA) is 49.6 Å². The molecule has 3 heterocycles. The monoisotopic (exact) mass is 394 g/mol. The van der Waals surface area contributed by atoms with Crippen LogP contribution in [0.5, 0.6) is 0 Å². The van der Waals surface area contributed by atoms with Crippen molar-refractivity contribution in [2.75, 3.05) is 26.7 Å². The van der Waals surface area contributed by atoms with E-state index in [1.807, 2.05) is 65.0 Å². The van der Waals surface area contributed by atoms with Crippen molar-refractivity contribution in [3.8, 4) is 0 Å². The largest absolute Gasteiger partial charge is 0.338 e. The maximum absolute atomic E-state index is 13.2. The molecule has 1 atom stereocenters. The zero-order valence-electron chi connectivity index (χ0n) is 16.2. The number of rotatable bonds is 6. The van der Waals surface area contributed by atoms with E-state index in [2.05, 4.69) is 16.5 Å². The minimum atomic E-state index is 0.152. The summed E-state index contributed by atoms with van der Waals surface area (Å²) in [4.78, 5) is 20.9. The second-order valence-corrected chi connectivity index (χ2v) is 8.32. The van der Waals surface area contributed by atoms with E-state index >= 15 is 0 Å².